The van der Waals surface area contributed by atoms with E-state index in [9.17, 15) is 9.59 Å². The zero-order chi connectivity index (χ0) is 17.6. The zero-order valence-electron chi connectivity index (χ0n) is 14.5. The Kier molecular flexibility index (Phi) is 3.94. The molecule has 0 atom stereocenters. The molecule has 4 rings (SSSR count). The van der Waals surface area contributed by atoms with Crippen molar-refractivity contribution in [1.82, 2.24) is 20.4 Å². The highest BCUT2D eigenvalue weighted by molar-refractivity contribution is 5.79. The van der Waals surface area contributed by atoms with Gasteiger partial charge in [0.05, 0.1) is 17.8 Å². The summed E-state index contributed by atoms with van der Waals surface area (Å²) in [6.45, 7) is 3.66. The van der Waals surface area contributed by atoms with Crippen molar-refractivity contribution in [2.24, 2.45) is 0 Å². The molecule has 2 saturated carbocycles. The molecule has 2 N–H and O–H groups in total. The Bertz CT molecular complexity index is 840. The van der Waals surface area contributed by atoms with Crippen molar-refractivity contribution in [3.63, 3.8) is 0 Å². The van der Waals surface area contributed by atoms with E-state index in [1.807, 2.05) is 13.8 Å². The van der Waals surface area contributed by atoms with Crippen molar-refractivity contribution < 1.29 is 9.32 Å². The maximum absolute atomic E-state index is 12.2. The van der Waals surface area contributed by atoms with Crippen LogP contribution in [0.2, 0.25) is 0 Å². The van der Waals surface area contributed by atoms with Crippen molar-refractivity contribution in [2.75, 3.05) is 0 Å². The summed E-state index contributed by atoms with van der Waals surface area (Å²) in [5.74, 6) is 2.19. The van der Waals surface area contributed by atoms with Crippen LogP contribution >= 0.6 is 0 Å². The maximum atomic E-state index is 12.2. The molecule has 0 saturated heterocycles. The number of amides is 1. The number of hydrogen-bond donors (Lipinski definition) is 2. The number of aromatic amines is 1. The maximum Gasteiger partial charge on any atom is 0.251 e. The number of carbonyl (C=O) groups is 1. The molecule has 2 fully saturated rings. The Balaban J connectivity index is 1.33. The summed E-state index contributed by atoms with van der Waals surface area (Å²) in [7, 11) is 0. The third-order valence-corrected chi connectivity index (χ3v) is 5.18. The van der Waals surface area contributed by atoms with Gasteiger partial charge in [-0.05, 0) is 39.5 Å². The third kappa shape index (κ3) is 3.36. The fourth-order valence-electron chi connectivity index (χ4n) is 3.43. The van der Waals surface area contributed by atoms with Gasteiger partial charge in [-0.15, -0.1) is 0 Å². The lowest BCUT2D eigenvalue weighted by Gasteiger charge is -2.35. The van der Waals surface area contributed by atoms with Crippen molar-refractivity contribution in [3.8, 4) is 0 Å². The van der Waals surface area contributed by atoms with Crippen LogP contribution < -0.4 is 10.9 Å². The quantitative estimate of drug-likeness (QED) is 0.864. The number of carbonyl (C=O) groups excluding carboxylic acids is 1. The van der Waals surface area contributed by atoms with Gasteiger partial charge < -0.3 is 14.8 Å². The first-order valence-corrected chi connectivity index (χ1v) is 8.82. The molecule has 2 aliphatic rings. The smallest absolute Gasteiger partial charge is 0.251 e. The molecule has 132 valence electrons. The number of aryl methyl sites for hydroxylation is 2. The third-order valence-electron chi connectivity index (χ3n) is 5.18. The molecule has 0 radical (unpaired) electrons. The molecule has 0 bridgehead atoms. The zero-order valence-corrected chi connectivity index (χ0v) is 14.5. The number of H-pyrrole nitrogens is 1. The van der Waals surface area contributed by atoms with Gasteiger partial charge in [0.1, 0.15) is 11.6 Å². The van der Waals surface area contributed by atoms with Crippen LogP contribution in [0.1, 0.15) is 66.1 Å². The van der Waals surface area contributed by atoms with Gasteiger partial charge in [-0.2, -0.15) is 0 Å². The van der Waals surface area contributed by atoms with Crippen LogP contribution in [0.5, 0.6) is 0 Å². The van der Waals surface area contributed by atoms with Gasteiger partial charge in [0.25, 0.3) is 5.56 Å². The minimum atomic E-state index is -0.0715. The Hall–Kier alpha value is -2.44. The highest BCUT2D eigenvalue weighted by atomic mass is 16.5. The van der Waals surface area contributed by atoms with Crippen molar-refractivity contribution in [1.29, 1.82) is 0 Å². The molecule has 2 aromatic rings. The molecule has 7 nitrogen and oxygen atoms in total. The fraction of sp³-hybridized carbons (Fsp3) is 0.556. The van der Waals surface area contributed by atoms with E-state index in [0.717, 1.165) is 48.5 Å². The summed E-state index contributed by atoms with van der Waals surface area (Å²) in [5.41, 5.74) is 2.41. The molecule has 1 amide bonds. The monoisotopic (exact) mass is 342 g/mol. The van der Waals surface area contributed by atoms with E-state index >= 15 is 0 Å². The van der Waals surface area contributed by atoms with E-state index < -0.39 is 0 Å². The normalized spacial score (nSPS) is 22.5. The SMILES string of the molecule is Cc1noc(C)c1CC(=O)NC1CC(c2cc(=O)[nH]c(C3CC3)n2)C1. The predicted octanol–water partition coefficient (Wildman–Crippen LogP) is 1.86. The lowest BCUT2D eigenvalue weighted by molar-refractivity contribution is -0.121. The van der Waals surface area contributed by atoms with Gasteiger partial charge in [-0.1, -0.05) is 5.16 Å². The van der Waals surface area contributed by atoms with Crippen LogP contribution in [0.25, 0.3) is 0 Å². The Morgan fingerprint density at radius 2 is 2.08 bits per heavy atom. The summed E-state index contributed by atoms with van der Waals surface area (Å²) in [6.07, 6.45) is 4.16. The van der Waals surface area contributed by atoms with Crippen LogP contribution in [-0.4, -0.2) is 27.1 Å². The second kappa shape index (κ2) is 6.13. The molecule has 2 heterocycles. The lowest BCUT2D eigenvalue weighted by atomic mass is 9.78. The molecule has 25 heavy (non-hydrogen) atoms. The fourth-order valence-corrected chi connectivity index (χ4v) is 3.43. The average molecular weight is 342 g/mol. The van der Waals surface area contributed by atoms with Crippen molar-refractivity contribution in [3.05, 3.63) is 45.0 Å². The summed E-state index contributed by atoms with van der Waals surface area (Å²) in [4.78, 5) is 31.5. The lowest BCUT2D eigenvalue weighted by Crippen LogP contribution is -2.44. The number of hydrogen-bond acceptors (Lipinski definition) is 5. The van der Waals surface area contributed by atoms with Crippen LogP contribution in [-0.2, 0) is 11.2 Å². The molecule has 0 aromatic carbocycles. The van der Waals surface area contributed by atoms with Gasteiger partial charge in [0.2, 0.25) is 5.91 Å². The Morgan fingerprint density at radius 1 is 1.32 bits per heavy atom. The molecule has 2 aliphatic carbocycles. The van der Waals surface area contributed by atoms with Crippen LogP contribution in [0.15, 0.2) is 15.4 Å². The highest BCUT2D eigenvalue weighted by Gasteiger charge is 2.34. The summed E-state index contributed by atoms with van der Waals surface area (Å²) < 4.78 is 5.09. The second-order valence-corrected chi connectivity index (χ2v) is 7.24. The largest absolute Gasteiger partial charge is 0.361 e. The Morgan fingerprint density at radius 3 is 2.72 bits per heavy atom. The van der Waals surface area contributed by atoms with Gasteiger partial charge in [-0.25, -0.2) is 4.98 Å². The van der Waals surface area contributed by atoms with Gasteiger partial charge in [0.15, 0.2) is 0 Å². The minimum absolute atomic E-state index is 0.0182. The van der Waals surface area contributed by atoms with Crippen LogP contribution in [0.3, 0.4) is 0 Å². The average Bonchev–Trinajstić information content (AvgIpc) is 3.33. The highest BCUT2D eigenvalue weighted by Crippen LogP contribution is 2.40. The van der Waals surface area contributed by atoms with E-state index in [2.05, 4.69) is 20.4 Å². The van der Waals surface area contributed by atoms with E-state index in [0.29, 0.717) is 11.7 Å². The van der Waals surface area contributed by atoms with E-state index in [4.69, 9.17) is 4.52 Å². The van der Waals surface area contributed by atoms with Crippen LogP contribution in [0.4, 0.5) is 0 Å². The van der Waals surface area contributed by atoms with Crippen molar-refractivity contribution >= 4 is 5.91 Å². The predicted molar refractivity (Wildman–Crippen MR) is 90.4 cm³/mol. The van der Waals surface area contributed by atoms with E-state index in [1.165, 1.54) is 0 Å². The summed E-state index contributed by atoms with van der Waals surface area (Å²) in [6, 6.07) is 1.74. The topological polar surface area (TPSA) is 101 Å². The summed E-state index contributed by atoms with van der Waals surface area (Å²) in [5, 5.41) is 6.93. The Labute approximate surface area is 145 Å². The second-order valence-electron chi connectivity index (χ2n) is 7.24. The van der Waals surface area contributed by atoms with Crippen LogP contribution in [0, 0.1) is 13.8 Å². The van der Waals surface area contributed by atoms with Crippen molar-refractivity contribution in [2.45, 2.75) is 63.8 Å². The number of nitrogens with one attached hydrogen (secondary N) is 2. The van der Waals surface area contributed by atoms with E-state index in [-0.39, 0.29) is 29.8 Å². The van der Waals surface area contributed by atoms with E-state index in [1.54, 1.807) is 6.07 Å². The summed E-state index contributed by atoms with van der Waals surface area (Å²) >= 11 is 0. The molecule has 7 heteroatoms. The first-order valence-electron chi connectivity index (χ1n) is 8.82. The molecular weight excluding hydrogens is 320 g/mol. The first-order chi connectivity index (χ1) is 12.0. The molecule has 0 unspecified atom stereocenters. The number of aromatic nitrogens is 3. The molecule has 0 spiro atoms. The molecule has 2 aromatic heterocycles. The van der Waals surface area contributed by atoms with Gasteiger partial charge >= 0.3 is 0 Å². The molecule has 0 aliphatic heterocycles. The number of nitrogens with zero attached hydrogens (tertiary/aromatic N) is 2. The minimum Gasteiger partial charge on any atom is -0.361 e. The standard InChI is InChI=1S/C18H22N4O3/c1-9-14(10(2)25-22-9)7-16(23)19-13-5-12(6-13)15-8-17(24)21-18(20-15)11-3-4-11/h8,11-13H,3-7H2,1-2H3,(H,19,23)(H,20,21,24). The number of rotatable bonds is 5. The van der Waals surface area contributed by atoms with Gasteiger partial charge in [0, 0.05) is 29.5 Å². The first kappa shape index (κ1) is 16.1. The molecular formula is C18H22N4O3. The van der Waals surface area contributed by atoms with Gasteiger partial charge in [-0.3, -0.25) is 9.59 Å².